The molecule has 2 aromatic carbocycles. The van der Waals surface area contributed by atoms with Gasteiger partial charge in [-0.05, 0) is 42.8 Å². The van der Waals surface area contributed by atoms with Gasteiger partial charge in [0.1, 0.15) is 11.6 Å². The van der Waals surface area contributed by atoms with E-state index >= 15 is 0 Å². The van der Waals surface area contributed by atoms with Crippen molar-refractivity contribution in [3.8, 4) is 0 Å². The summed E-state index contributed by atoms with van der Waals surface area (Å²) in [6.45, 7) is 2.90. The Morgan fingerprint density at radius 2 is 2.00 bits per heavy atom. The zero-order valence-electron chi connectivity index (χ0n) is 11.3. The van der Waals surface area contributed by atoms with Crippen LogP contribution in [0.15, 0.2) is 42.5 Å². The van der Waals surface area contributed by atoms with Crippen molar-refractivity contribution in [3.05, 3.63) is 59.7 Å². The molecule has 0 unspecified atom stereocenters. The van der Waals surface area contributed by atoms with Gasteiger partial charge < -0.3 is 10.3 Å². The maximum Gasteiger partial charge on any atom is 0.123 e. The molecular formula is C16H16FN3. The van der Waals surface area contributed by atoms with Gasteiger partial charge in [-0.1, -0.05) is 12.1 Å². The van der Waals surface area contributed by atoms with Crippen molar-refractivity contribution < 1.29 is 4.39 Å². The molecule has 0 atom stereocenters. The summed E-state index contributed by atoms with van der Waals surface area (Å²) in [4.78, 5) is 4.63. The molecule has 3 rings (SSSR count). The lowest BCUT2D eigenvalue weighted by atomic mass is 10.1. The Balaban J connectivity index is 2.08. The largest absolute Gasteiger partial charge is 0.398 e. The fourth-order valence-corrected chi connectivity index (χ4v) is 2.51. The molecule has 2 N–H and O–H groups in total. The fraction of sp³-hybridized carbons (Fsp3) is 0.188. The maximum atomic E-state index is 13.4. The number of anilines is 1. The molecule has 1 aromatic heterocycles. The van der Waals surface area contributed by atoms with E-state index in [1.165, 1.54) is 12.1 Å². The van der Waals surface area contributed by atoms with Crippen molar-refractivity contribution in [2.24, 2.45) is 0 Å². The van der Waals surface area contributed by atoms with E-state index in [1.54, 1.807) is 6.07 Å². The van der Waals surface area contributed by atoms with E-state index in [4.69, 9.17) is 5.73 Å². The molecule has 0 radical (unpaired) electrons. The Bertz CT molecular complexity index is 762. The number of imidazole rings is 1. The Labute approximate surface area is 116 Å². The molecular weight excluding hydrogens is 253 g/mol. The molecule has 102 valence electrons. The number of nitrogen functional groups attached to an aromatic ring is 1. The van der Waals surface area contributed by atoms with Gasteiger partial charge in [-0.3, -0.25) is 0 Å². The van der Waals surface area contributed by atoms with Crippen molar-refractivity contribution >= 4 is 16.7 Å². The first-order valence-electron chi connectivity index (χ1n) is 6.67. The summed E-state index contributed by atoms with van der Waals surface area (Å²) in [5, 5.41) is 0. The van der Waals surface area contributed by atoms with Gasteiger partial charge in [0.25, 0.3) is 0 Å². The molecule has 0 saturated carbocycles. The normalized spacial score (nSPS) is 11.1. The van der Waals surface area contributed by atoms with Crippen LogP contribution < -0.4 is 5.73 Å². The Kier molecular flexibility index (Phi) is 3.14. The third-order valence-electron chi connectivity index (χ3n) is 3.50. The monoisotopic (exact) mass is 269 g/mol. The average molecular weight is 269 g/mol. The minimum Gasteiger partial charge on any atom is -0.398 e. The van der Waals surface area contributed by atoms with Crippen LogP contribution in [0.2, 0.25) is 0 Å². The number of fused-ring (bicyclic) bond motifs is 1. The number of nitrogens with two attached hydrogens (primary N) is 1. The van der Waals surface area contributed by atoms with Crippen molar-refractivity contribution in [1.29, 1.82) is 0 Å². The van der Waals surface area contributed by atoms with Crippen LogP contribution in [0.3, 0.4) is 0 Å². The second-order valence-electron chi connectivity index (χ2n) is 4.78. The summed E-state index contributed by atoms with van der Waals surface area (Å²) in [6, 6.07) is 12.5. The number of nitrogens with zero attached hydrogens (tertiary/aromatic N) is 2. The highest BCUT2D eigenvalue weighted by atomic mass is 19.1. The predicted molar refractivity (Wildman–Crippen MR) is 79.0 cm³/mol. The van der Waals surface area contributed by atoms with Crippen LogP contribution in [0.1, 0.15) is 18.3 Å². The molecule has 0 aliphatic heterocycles. The topological polar surface area (TPSA) is 43.8 Å². The van der Waals surface area contributed by atoms with E-state index in [1.807, 2.05) is 24.3 Å². The lowest BCUT2D eigenvalue weighted by molar-refractivity contribution is 0.625. The zero-order valence-corrected chi connectivity index (χ0v) is 11.3. The number of aryl methyl sites for hydroxylation is 1. The van der Waals surface area contributed by atoms with E-state index in [9.17, 15) is 4.39 Å². The van der Waals surface area contributed by atoms with Gasteiger partial charge in [0.15, 0.2) is 0 Å². The quantitative estimate of drug-likeness (QED) is 0.741. The van der Waals surface area contributed by atoms with Crippen molar-refractivity contribution in [2.75, 3.05) is 5.73 Å². The van der Waals surface area contributed by atoms with E-state index in [-0.39, 0.29) is 5.82 Å². The summed E-state index contributed by atoms with van der Waals surface area (Å²) >= 11 is 0. The van der Waals surface area contributed by atoms with Crippen molar-refractivity contribution in [1.82, 2.24) is 9.55 Å². The first kappa shape index (κ1) is 12.7. The number of hydrogen-bond acceptors (Lipinski definition) is 2. The average Bonchev–Trinajstić information content (AvgIpc) is 2.80. The third kappa shape index (κ3) is 2.13. The Hall–Kier alpha value is -2.36. The first-order valence-corrected chi connectivity index (χ1v) is 6.67. The van der Waals surface area contributed by atoms with Crippen LogP contribution in [0.25, 0.3) is 11.0 Å². The van der Waals surface area contributed by atoms with Crippen molar-refractivity contribution in [3.63, 3.8) is 0 Å². The molecule has 0 aliphatic rings. The molecule has 3 nitrogen and oxygen atoms in total. The number of aromatic nitrogens is 2. The van der Waals surface area contributed by atoms with Gasteiger partial charge in [0.2, 0.25) is 0 Å². The minimum absolute atomic E-state index is 0.270. The molecule has 0 amide bonds. The fourth-order valence-electron chi connectivity index (χ4n) is 2.51. The standard InChI is InChI=1S/C16H16FN3/c1-2-20-15-6-4-3-5-14(15)19-16(20)10-11-9-12(17)7-8-13(11)18/h3-9H,2,10,18H2,1H3. The van der Waals surface area contributed by atoms with Crippen LogP contribution in [-0.4, -0.2) is 9.55 Å². The molecule has 0 saturated heterocycles. The number of rotatable bonds is 3. The van der Waals surface area contributed by atoms with Crippen LogP contribution in [0.5, 0.6) is 0 Å². The van der Waals surface area contributed by atoms with Gasteiger partial charge in [-0.2, -0.15) is 0 Å². The van der Waals surface area contributed by atoms with Gasteiger partial charge in [0.05, 0.1) is 11.0 Å². The second-order valence-corrected chi connectivity index (χ2v) is 4.78. The Morgan fingerprint density at radius 3 is 2.80 bits per heavy atom. The first-order chi connectivity index (χ1) is 9.69. The highest BCUT2D eigenvalue weighted by Crippen LogP contribution is 2.21. The molecule has 0 aliphatic carbocycles. The van der Waals surface area contributed by atoms with Crippen LogP contribution in [0.4, 0.5) is 10.1 Å². The highest BCUT2D eigenvalue weighted by Gasteiger charge is 2.11. The lowest BCUT2D eigenvalue weighted by Gasteiger charge is -2.08. The Morgan fingerprint density at radius 1 is 1.20 bits per heavy atom. The van der Waals surface area contributed by atoms with Crippen LogP contribution >= 0.6 is 0 Å². The number of benzene rings is 2. The molecule has 1 heterocycles. The van der Waals surface area contributed by atoms with Gasteiger partial charge in [0, 0.05) is 18.7 Å². The molecule has 0 bridgehead atoms. The molecule has 0 fully saturated rings. The summed E-state index contributed by atoms with van der Waals surface area (Å²) in [5.41, 5.74) is 9.35. The number of halogens is 1. The number of para-hydroxylation sites is 2. The second kappa shape index (κ2) is 4.96. The van der Waals surface area contributed by atoms with Gasteiger partial charge in [-0.25, -0.2) is 9.37 Å². The van der Waals surface area contributed by atoms with Gasteiger partial charge in [-0.15, -0.1) is 0 Å². The molecule has 0 spiro atoms. The maximum absolute atomic E-state index is 13.4. The zero-order chi connectivity index (χ0) is 14.1. The van der Waals surface area contributed by atoms with Crippen LogP contribution in [0, 0.1) is 5.82 Å². The minimum atomic E-state index is -0.270. The van der Waals surface area contributed by atoms with E-state index in [0.29, 0.717) is 12.1 Å². The summed E-state index contributed by atoms with van der Waals surface area (Å²) in [5.74, 6) is 0.638. The van der Waals surface area contributed by atoms with E-state index in [0.717, 1.165) is 29.0 Å². The SMILES string of the molecule is CCn1c(Cc2cc(F)ccc2N)nc2ccccc21. The molecule has 20 heavy (non-hydrogen) atoms. The molecule has 3 aromatic rings. The lowest BCUT2D eigenvalue weighted by Crippen LogP contribution is -2.04. The summed E-state index contributed by atoms with van der Waals surface area (Å²) < 4.78 is 15.5. The predicted octanol–water partition coefficient (Wildman–Crippen LogP) is 3.37. The summed E-state index contributed by atoms with van der Waals surface area (Å²) in [7, 11) is 0. The highest BCUT2D eigenvalue weighted by molar-refractivity contribution is 5.76. The third-order valence-corrected chi connectivity index (χ3v) is 3.50. The smallest absolute Gasteiger partial charge is 0.123 e. The van der Waals surface area contributed by atoms with Gasteiger partial charge >= 0.3 is 0 Å². The van der Waals surface area contributed by atoms with E-state index < -0.39 is 0 Å². The summed E-state index contributed by atoms with van der Waals surface area (Å²) in [6.07, 6.45) is 0.534. The van der Waals surface area contributed by atoms with E-state index in [2.05, 4.69) is 16.5 Å². The van der Waals surface area contributed by atoms with Crippen LogP contribution in [-0.2, 0) is 13.0 Å². The molecule has 4 heteroatoms. The number of hydrogen-bond donors (Lipinski definition) is 1. The van der Waals surface area contributed by atoms with Crippen molar-refractivity contribution in [2.45, 2.75) is 19.9 Å².